The number of hydrogen-bond acceptors (Lipinski definition) is 4. The highest BCUT2D eigenvalue weighted by molar-refractivity contribution is 7.89. The van der Waals surface area contributed by atoms with Gasteiger partial charge >= 0.3 is 5.97 Å². The molecule has 114 valence electrons. The van der Waals surface area contributed by atoms with Crippen molar-refractivity contribution in [1.29, 1.82) is 0 Å². The molecule has 2 heterocycles. The maximum absolute atomic E-state index is 12.2. The summed E-state index contributed by atoms with van der Waals surface area (Å²) < 4.78 is 28.4. The first-order valence-electron chi connectivity index (χ1n) is 6.28. The molecule has 2 aromatic rings. The highest BCUT2D eigenvalue weighted by atomic mass is 32.2. The Labute approximate surface area is 127 Å². The van der Waals surface area contributed by atoms with Crippen molar-refractivity contribution in [2.24, 2.45) is 0 Å². The molecule has 0 amide bonds. The Morgan fingerprint density at radius 3 is 2.67 bits per heavy atom. The number of carboxylic acid groups (broad SMARTS) is 1. The average molecular weight is 328 g/mol. The summed E-state index contributed by atoms with van der Waals surface area (Å²) in [6.07, 6.45) is 1.35. The Hall–Kier alpha value is -1.64. The van der Waals surface area contributed by atoms with Gasteiger partial charge in [0.1, 0.15) is 10.6 Å². The summed E-state index contributed by atoms with van der Waals surface area (Å²) in [5, 5.41) is 11.0. The lowest BCUT2D eigenvalue weighted by atomic mass is 10.3. The molecule has 0 bridgehead atoms. The normalized spacial score (nSPS) is 12.0. The van der Waals surface area contributed by atoms with Crippen LogP contribution in [0.3, 0.4) is 0 Å². The number of aromatic carboxylic acids is 1. The van der Waals surface area contributed by atoms with Gasteiger partial charge in [-0.05, 0) is 31.4 Å². The smallest absolute Gasteiger partial charge is 0.352 e. The highest BCUT2D eigenvalue weighted by Gasteiger charge is 2.22. The quantitative estimate of drug-likeness (QED) is 0.851. The third-order valence-corrected chi connectivity index (χ3v) is 5.17. The molecule has 0 aliphatic carbocycles. The second kappa shape index (κ2) is 6.00. The Kier molecular flexibility index (Phi) is 4.50. The van der Waals surface area contributed by atoms with Crippen LogP contribution in [0.15, 0.2) is 34.7 Å². The summed E-state index contributed by atoms with van der Waals surface area (Å²) in [4.78, 5) is 12.0. The standard InChI is InChI=1S/C13H16N2O4S2/c1-9(2)15-8-11(6-12(15)13(16)17)21(18,19)14-7-10-4-3-5-20-10/h3-6,8-9,14H,7H2,1-2H3,(H,16,17). The lowest BCUT2D eigenvalue weighted by molar-refractivity contribution is 0.0683. The minimum atomic E-state index is -3.73. The van der Waals surface area contributed by atoms with Gasteiger partial charge in [0.25, 0.3) is 0 Å². The predicted molar refractivity (Wildman–Crippen MR) is 80.1 cm³/mol. The van der Waals surface area contributed by atoms with Gasteiger partial charge in [0.2, 0.25) is 10.0 Å². The van der Waals surface area contributed by atoms with Crippen molar-refractivity contribution >= 4 is 27.3 Å². The van der Waals surface area contributed by atoms with Crippen LogP contribution in [0.1, 0.15) is 35.3 Å². The van der Waals surface area contributed by atoms with Crippen LogP contribution >= 0.6 is 11.3 Å². The molecule has 0 atom stereocenters. The topological polar surface area (TPSA) is 88.4 Å². The largest absolute Gasteiger partial charge is 0.477 e. The summed E-state index contributed by atoms with van der Waals surface area (Å²) in [5.41, 5.74) is -0.0403. The molecule has 0 spiro atoms. The van der Waals surface area contributed by atoms with Crippen molar-refractivity contribution in [2.75, 3.05) is 0 Å². The molecule has 0 fully saturated rings. The van der Waals surface area contributed by atoms with Gasteiger partial charge < -0.3 is 9.67 Å². The van der Waals surface area contributed by atoms with E-state index in [0.29, 0.717) is 0 Å². The van der Waals surface area contributed by atoms with Gasteiger partial charge in [0, 0.05) is 23.7 Å². The molecular weight excluding hydrogens is 312 g/mol. The number of nitrogens with zero attached hydrogens (tertiary/aromatic N) is 1. The van der Waals surface area contributed by atoms with Gasteiger partial charge in [-0.3, -0.25) is 0 Å². The van der Waals surface area contributed by atoms with Crippen LogP contribution in [-0.2, 0) is 16.6 Å². The number of carboxylic acids is 1. The number of aromatic nitrogens is 1. The van der Waals surface area contributed by atoms with E-state index in [0.717, 1.165) is 4.88 Å². The Morgan fingerprint density at radius 1 is 1.48 bits per heavy atom. The summed E-state index contributed by atoms with van der Waals surface area (Å²) in [5.74, 6) is -1.15. The van der Waals surface area contributed by atoms with E-state index in [4.69, 9.17) is 5.11 Å². The summed E-state index contributed by atoms with van der Waals surface area (Å²) in [6, 6.07) is 4.71. The zero-order valence-corrected chi connectivity index (χ0v) is 13.2. The van der Waals surface area contributed by atoms with Crippen molar-refractivity contribution in [1.82, 2.24) is 9.29 Å². The molecule has 8 heteroatoms. The SMILES string of the molecule is CC(C)n1cc(S(=O)(=O)NCc2cccs2)cc1C(=O)O. The fraction of sp³-hybridized carbons (Fsp3) is 0.308. The lowest BCUT2D eigenvalue weighted by Crippen LogP contribution is -2.22. The van der Waals surface area contributed by atoms with E-state index in [1.165, 1.54) is 28.2 Å². The molecule has 2 aromatic heterocycles. The number of rotatable bonds is 6. The van der Waals surface area contributed by atoms with Crippen LogP contribution in [-0.4, -0.2) is 24.1 Å². The number of hydrogen-bond donors (Lipinski definition) is 2. The van der Waals surface area contributed by atoms with Gasteiger partial charge in [0.15, 0.2) is 0 Å². The maximum atomic E-state index is 12.2. The number of nitrogens with one attached hydrogen (secondary N) is 1. The number of sulfonamides is 1. The number of carbonyl (C=O) groups is 1. The Morgan fingerprint density at radius 2 is 2.19 bits per heavy atom. The lowest BCUT2D eigenvalue weighted by Gasteiger charge is -2.09. The predicted octanol–water partition coefficient (Wildman–Crippen LogP) is 2.31. The van der Waals surface area contributed by atoms with E-state index < -0.39 is 16.0 Å². The molecular formula is C13H16N2O4S2. The Balaban J connectivity index is 2.27. The third kappa shape index (κ3) is 3.52. The number of thiophene rings is 1. The molecule has 0 saturated carbocycles. The van der Waals surface area contributed by atoms with Gasteiger partial charge in [-0.15, -0.1) is 11.3 Å². The van der Waals surface area contributed by atoms with Crippen LogP contribution in [0.4, 0.5) is 0 Å². The minimum absolute atomic E-state index is 0.0369. The van der Waals surface area contributed by atoms with Crippen LogP contribution in [0.5, 0.6) is 0 Å². The first-order chi connectivity index (χ1) is 9.81. The molecule has 21 heavy (non-hydrogen) atoms. The van der Waals surface area contributed by atoms with E-state index in [-0.39, 0.29) is 23.2 Å². The molecule has 0 unspecified atom stereocenters. The van der Waals surface area contributed by atoms with Crippen LogP contribution in [0.2, 0.25) is 0 Å². The first-order valence-corrected chi connectivity index (χ1v) is 8.65. The fourth-order valence-electron chi connectivity index (χ4n) is 1.86. The summed E-state index contributed by atoms with van der Waals surface area (Å²) in [6.45, 7) is 3.78. The molecule has 0 aliphatic rings. The van der Waals surface area contributed by atoms with Crippen LogP contribution in [0.25, 0.3) is 0 Å². The summed E-state index contributed by atoms with van der Waals surface area (Å²) in [7, 11) is -3.73. The second-order valence-corrected chi connectivity index (χ2v) is 7.57. The molecule has 0 saturated heterocycles. The van der Waals surface area contributed by atoms with Gasteiger partial charge in [-0.2, -0.15) is 0 Å². The van der Waals surface area contributed by atoms with E-state index in [1.807, 2.05) is 17.5 Å². The second-order valence-electron chi connectivity index (χ2n) is 4.77. The molecule has 2 rings (SSSR count). The van der Waals surface area contributed by atoms with Crippen molar-refractivity contribution in [3.05, 3.63) is 40.3 Å². The molecule has 0 radical (unpaired) electrons. The van der Waals surface area contributed by atoms with Gasteiger partial charge in [0.05, 0.1) is 0 Å². The highest BCUT2D eigenvalue weighted by Crippen LogP contribution is 2.19. The average Bonchev–Trinajstić information content (AvgIpc) is 3.06. The minimum Gasteiger partial charge on any atom is -0.477 e. The fourth-order valence-corrected chi connectivity index (χ4v) is 3.63. The van der Waals surface area contributed by atoms with Gasteiger partial charge in [-0.25, -0.2) is 17.9 Å². The van der Waals surface area contributed by atoms with E-state index >= 15 is 0 Å². The third-order valence-electron chi connectivity index (χ3n) is 2.93. The van der Waals surface area contributed by atoms with Crippen molar-refractivity contribution in [2.45, 2.75) is 31.3 Å². The van der Waals surface area contributed by atoms with E-state index in [9.17, 15) is 13.2 Å². The monoisotopic (exact) mass is 328 g/mol. The van der Waals surface area contributed by atoms with E-state index in [1.54, 1.807) is 13.8 Å². The van der Waals surface area contributed by atoms with Crippen LogP contribution < -0.4 is 4.72 Å². The van der Waals surface area contributed by atoms with Crippen molar-refractivity contribution < 1.29 is 18.3 Å². The van der Waals surface area contributed by atoms with E-state index in [2.05, 4.69) is 4.72 Å². The molecule has 0 aromatic carbocycles. The molecule has 2 N–H and O–H groups in total. The van der Waals surface area contributed by atoms with Crippen molar-refractivity contribution in [3.63, 3.8) is 0 Å². The first kappa shape index (κ1) is 15.7. The van der Waals surface area contributed by atoms with Gasteiger partial charge in [-0.1, -0.05) is 6.07 Å². The zero-order valence-electron chi connectivity index (χ0n) is 11.6. The Bertz CT molecular complexity index is 730. The van der Waals surface area contributed by atoms with Crippen LogP contribution in [0, 0.1) is 0 Å². The zero-order chi connectivity index (χ0) is 15.6. The molecule has 0 aliphatic heterocycles. The summed E-state index contributed by atoms with van der Waals surface area (Å²) >= 11 is 1.45. The van der Waals surface area contributed by atoms with Crippen molar-refractivity contribution in [3.8, 4) is 0 Å². The maximum Gasteiger partial charge on any atom is 0.352 e. The molecule has 6 nitrogen and oxygen atoms in total.